The number of carbonyl (C=O) groups is 1. The Labute approximate surface area is 90.7 Å². The molecule has 0 spiro atoms. The number of rotatable bonds is 7. The number of carbonyl (C=O) groups excluding carboxylic acids is 1. The lowest BCUT2D eigenvalue weighted by Crippen LogP contribution is -2.37. The van der Waals surface area contributed by atoms with Crippen molar-refractivity contribution in [2.75, 3.05) is 6.54 Å². The minimum Gasteiger partial charge on any atom is -0.409 e. The van der Waals surface area contributed by atoms with E-state index in [1.165, 1.54) is 0 Å². The second-order valence-electron chi connectivity index (χ2n) is 3.58. The smallest absolute Gasteiger partial charge is 0.223 e. The van der Waals surface area contributed by atoms with E-state index in [1.54, 1.807) is 0 Å². The van der Waals surface area contributed by atoms with Gasteiger partial charge in [0.05, 0.1) is 6.54 Å². The molecule has 0 aliphatic heterocycles. The Morgan fingerprint density at radius 1 is 1.40 bits per heavy atom. The van der Waals surface area contributed by atoms with Crippen molar-refractivity contribution >= 4 is 11.7 Å². The fourth-order valence-electron chi connectivity index (χ4n) is 1.46. The summed E-state index contributed by atoms with van der Waals surface area (Å²) in [6.45, 7) is 4.22. The highest BCUT2D eigenvalue weighted by Crippen LogP contribution is 2.13. The van der Waals surface area contributed by atoms with Gasteiger partial charge in [-0.05, 0) is 12.8 Å². The van der Waals surface area contributed by atoms with Crippen LogP contribution in [0.4, 0.5) is 0 Å². The van der Waals surface area contributed by atoms with Crippen LogP contribution in [0.1, 0.15) is 39.5 Å². The molecular weight excluding hydrogens is 194 g/mol. The minimum absolute atomic E-state index is 0.00898. The summed E-state index contributed by atoms with van der Waals surface area (Å²) in [4.78, 5) is 11.6. The molecule has 5 heteroatoms. The summed E-state index contributed by atoms with van der Waals surface area (Å²) >= 11 is 0. The van der Waals surface area contributed by atoms with Crippen LogP contribution in [0.3, 0.4) is 0 Å². The number of amides is 1. The quantitative estimate of drug-likeness (QED) is 0.257. The molecule has 0 aromatic carbocycles. The van der Waals surface area contributed by atoms with E-state index in [0.717, 1.165) is 25.7 Å². The first-order valence-electron chi connectivity index (χ1n) is 5.39. The van der Waals surface area contributed by atoms with Gasteiger partial charge >= 0.3 is 0 Å². The molecule has 0 aliphatic carbocycles. The fourth-order valence-corrected chi connectivity index (χ4v) is 1.46. The van der Waals surface area contributed by atoms with Crippen LogP contribution < -0.4 is 11.1 Å². The summed E-state index contributed by atoms with van der Waals surface area (Å²) < 4.78 is 0. The van der Waals surface area contributed by atoms with E-state index in [-0.39, 0.29) is 24.2 Å². The number of hydrogen-bond acceptors (Lipinski definition) is 3. The van der Waals surface area contributed by atoms with Crippen LogP contribution in [0.25, 0.3) is 0 Å². The number of nitrogens with zero attached hydrogens (tertiary/aromatic N) is 1. The Kier molecular flexibility index (Phi) is 7.40. The number of hydrogen-bond donors (Lipinski definition) is 3. The van der Waals surface area contributed by atoms with Crippen molar-refractivity contribution < 1.29 is 10.0 Å². The van der Waals surface area contributed by atoms with Gasteiger partial charge in [-0.25, -0.2) is 0 Å². The summed E-state index contributed by atoms with van der Waals surface area (Å²) in [5.74, 6) is 0.0619. The summed E-state index contributed by atoms with van der Waals surface area (Å²) in [6.07, 6.45) is 3.75. The lowest BCUT2D eigenvalue weighted by atomic mass is 9.97. The largest absolute Gasteiger partial charge is 0.409 e. The molecule has 0 unspecified atom stereocenters. The third-order valence-corrected chi connectivity index (χ3v) is 2.22. The van der Waals surface area contributed by atoms with Crippen LogP contribution in [0, 0.1) is 5.92 Å². The van der Waals surface area contributed by atoms with E-state index in [9.17, 15) is 4.79 Å². The average Bonchev–Trinajstić information content (AvgIpc) is 2.25. The Bertz CT molecular complexity index is 211. The predicted octanol–water partition coefficient (Wildman–Crippen LogP) is 1.07. The Balaban J connectivity index is 4.01. The van der Waals surface area contributed by atoms with Gasteiger partial charge in [-0.15, -0.1) is 0 Å². The molecule has 0 saturated heterocycles. The molecule has 0 saturated carbocycles. The molecule has 0 aliphatic rings. The SMILES string of the molecule is CCCC(CCC)C(=O)NCC(N)=NO. The second-order valence-corrected chi connectivity index (χ2v) is 3.58. The lowest BCUT2D eigenvalue weighted by molar-refractivity contribution is -0.125. The molecule has 5 nitrogen and oxygen atoms in total. The van der Waals surface area contributed by atoms with Crippen molar-refractivity contribution in [2.45, 2.75) is 39.5 Å². The van der Waals surface area contributed by atoms with E-state index in [1.807, 2.05) is 0 Å². The number of amidine groups is 1. The zero-order valence-electron chi connectivity index (χ0n) is 9.49. The minimum atomic E-state index is -0.00898. The van der Waals surface area contributed by atoms with Gasteiger partial charge in [0.15, 0.2) is 5.84 Å². The molecule has 4 N–H and O–H groups in total. The third kappa shape index (κ3) is 5.93. The van der Waals surface area contributed by atoms with Crippen molar-refractivity contribution in [1.29, 1.82) is 0 Å². The maximum Gasteiger partial charge on any atom is 0.223 e. The van der Waals surface area contributed by atoms with Gasteiger partial charge in [0, 0.05) is 5.92 Å². The van der Waals surface area contributed by atoms with Gasteiger partial charge in [0.25, 0.3) is 0 Å². The number of nitrogens with one attached hydrogen (secondary N) is 1. The Morgan fingerprint density at radius 2 is 1.93 bits per heavy atom. The van der Waals surface area contributed by atoms with Crippen LogP contribution in [0.2, 0.25) is 0 Å². The van der Waals surface area contributed by atoms with Crippen molar-refractivity contribution in [3.8, 4) is 0 Å². The first kappa shape index (κ1) is 13.7. The molecule has 0 bridgehead atoms. The highest BCUT2D eigenvalue weighted by Gasteiger charge is 2.16. The molecule has 0 radical (unpaired) electrons. The standard InChI is InChI=1S/C10H21N3O2/c1-3-5-8(6-4-2)10(14)12-7-9(11)13-15/h8,15H,3-7H2,1-2H3,(H2,11,13)(H,12,14). The monoisotopic (exact) mass is 215 g/mol. The van der Waals surface area contributed by atoms with Crippen LogP contribution in [-0.2, 0) is 4.79 Å². The van der Waals surface area contributed by atoms with E-state index < -0.39 is 0 Å². The van der Waals surface area contributed by atoms with E-state index in [0.29, 0.717) is 0 Å². The van der Waals surface area contributed by atoms with Crippen molar-refractivity contribution in [3.05, 3.63) is 0 Å². The first-order valence-corrected chi connectivity index (χ1v) is 5.39. The zero-order chi connectivity index (χ0) is 11.7. The van der Waals surface area contributed by atoms with Gasteiger partial charge in [0.1, 0.15) is 0 Å². The molecule has 0 fully saturated rings. The number of nitrogens with two attached hydrogens (primary N) is 1. The lowest BCUT2D eigenvalue weighted by Gasteiger charge is -2.14. The highest BCUT2D eigenvalue weighted by molar-refractivity contribution is 5.87. The molecule has 15 heavy (non-hydrogen) atoms. The van der Waals surface area contributed by atoms with E-state index in [2.05, 4.69) is 24.3 Å². The molecule has 0 aromatic rings. The van der Waals surface area contributed by atoms with E-state index in [4.69, 9.17) is 10.9 Å². The molecule has 0 rings (SSSR count). The summed E-state index contributed by atoms with van der Waals surface area (Å²) in [7, 11) is 0. The summed E-state index contributed by atoms with van der Waals surface area (Å²) in [6, 6.07) is 0. The molecule has 0 atom stereocenters. The molecular formula is C10H21N3O2. The van der Waals surface area contributed by atoms with Crippen molar-refractivity contribution in [2.24, 2.45) is 16.8 Å². The summed E-state index contributed by atoms with van der Waals surface area (Å²) in [5, 5.41) is 13.7. The van der Waals surface area contributed by atoms with Gasteiger partial charge in [0.2, 0.25) is 5.91 Å². The maximum absolute atomic E-state index is 11.6. The summed E-state index contributed by atoms with van der Waals surface area (Å²) in [5.41, 5.74) is 5.25. The molecule has 88 valence electrons. The molecule has 0 heterocycles. The second kappa shape index (κ2) is 8.08. The van der Waals surface area contributed by atoms with Crippen LogP contribution >= 0.6 is 0 Å². The van der Waals surface area contributed by atoms with Gasteiger partial charge in [-0.1, -0.05) is 31.8 Å². The van der Waals surface area contributed by atoms with Gasteiger partial charge in [-0.2, -0.15) is 0 Å². The molecule has 0 aromatic heterocycles. The first-order chi connectivity index (χ1) is 7.15. The van der Waals surface area contributed by atoms with Gasteiger partial charge in [-0.3, -0.25) is 4.79 Å². The van der Waals surface area contributed by atoms with Gasteiger partial charge < -0.3 is 16.3 Å². The van der Waals surface area contributed by atoms with Crippen molar-refractivity contribution in [1.82, 2.24) is 5.32 Å². The molecule has 1 amide bonds. The van der Waals surface area contributed by atoms with E-state index >= 15 is 0 Å². The van der Waals surface area contributed by atoms with Crippen LogP contribution in [-0.4, -0.2) is 23.5 Å². The third-order valence-electron chi connectivity index (χ3n) is 2.22. The highest BCUT2D eigenvalue weighted by atomic mass is 16.4. The van der Waals surface area contributed by atoms with Crippen LogP contribution in [0.5, 0.6) is 0 Å². The number of oxime groups is 1. The zero-order valence-corrected chi connectivity index (χ0v) is 9.49. The average molecular weight is 215 g/mol. The Hall–Kier alpha value is -1.26. The topological polar surface area (TPSA) is 87.7 Å². The Morgan fingerprint density at radius 3 is 2.33 bits per heavy atom. The maximum atomic E-state index is 11.6. The normalized spacial score (nSPS) is 11.8. The van der Waals surface area contributed by atoms with Crippen molar-refractivity contribution in [3.63, 3.8) is 0 Å². The predicted molar refractivity (Wildman–Crippen MR) is 59.7 cm³/mol. The van der Waals surface area contributed by atoms with Crippen LogP contribution in [0.15, 0.2) is 5.16 Å². The fraction of sp³-hybridized carbons (Fsp3) is 0.800.